The van der Waals surface area contributed by atoms with Crippen LogP contribution in [0.2, 0.25) is 0 Å². The summed E-state index contributed by atoms with van der Waals surface area (Å²) in [4.78, 5) is 4.20. The van der Waals surface area contributed by atoms with Gasteiger partial charge in [-0.3, -0.25) is 4.99 Å². The van der Waals surface area contributed by atoms with E-state index in [0.717, 1.165) is 31.9 Å². The van der Waals surface area contributed by atoms with Gasteiger partial charge >= 0.3 is 0 Å². The summed E-state index contributed by atoms with van der Waals surface area (Å²) in [5.74, 6) is 0.782. The minimum atomic E-state index is 0.333. The first-order valence-electron chi connectivity index (χ1n) is 3.72. The van der Waals surface area contributed by atoms with Gasteiger partial charge in [-0.2, -0.15) is 0 Å². The highest BCUT2D eigenvalue weighted by molar-refractivity contribution is 5.82. The monoisotopic (exact) mass is 142 g/mol. The number of ether oxygens (including phenoxy) is 1. The van der Waals surface area contributed by atoms with Gasteiger partial charge in [-0.1, -0.05) is 0 Å². The highest BCUT2D eigenvalue weighted by atomic mass is 16.5. The maximum absolute atomic E-state index is 5.49. The Hall–Kier alpha value is -0.570. The first-order valence-corrected chi connectivity index (χ1v) is 3.72. The number of nitrogens with zero attached hydrogens (tertiary/aromatic N) is 1. The standard InChI is InChI=1S/C7H14N2O/c1-2-10-5-6-3-4-7(8)9-6/h6H,2-5H2,1H3,(H2,8,9). The van der Waals surface area contributed by atoms with Gasteiger partial charge in [0.25, 0.3) is 0 Å². The highest BCUT2D eigenvalue weighted by Crippen LogP contribution is 2.10. The van der Waals surface area contributed by atoms with Gasteiger partial charge in [-0.15, -0.1) is 0 Å². The lowest BCUT2D eigenvalue weighted by atomic mass is 10.2. The molecule has 0 bridgehead atoms. The Labute approximate surface area is 61.3 Å². The molecular weight excluding hydrogens is 128 g/mol. The van der Waals surface area contributed by atoms with Gasteiger partial charge in [0.15, 0.2) is 0 Å². The lowest BCUT2D eigenvalue weighted by Crippen LogP contribution is -2.10. The van der Waals surface area contributed by atoms with Crippen LogP contribution < -0.4 is 5.73 Å². The molecule has 1 rings (SSSR count). The lowest BCUT2D eigenvalue weighted by Gasteiger charge is -2.04. The molecule has 10 heavy (non-hydrogen) atoms. The second-order valence-electron chi connectivity index (χ2n) is 2.47. The van der Waals surface area contributed by atoms with Crippen LogP contribution in [0.3, 0.4) is 0 Å². The molecule has 1 aliphatic rings. The Bertz CT molecular complexity index is 134. The van der Waals surface area contributed by atoms with Crippen molar-refractivity contribution in [2.45, 2.75) is 25.8 Å². The number of hydrogen-bond acceptors (Lipinski definition) is 3. The molecule has 0 radical (unpaired) electrons. The number of rotatable bonds is 3. The number of aliphatic imine (C=N–C) groups is 1. The first kappa shape index (κ1) is 7.54. The van der Waals surface area contributed by atoms with E-state index < -0.39 is 0 Å². The molecule has 0 aromatic rings. The van der Waals surface area contributed by atoms with Gasteiger partial charge in [0, 0.05) is 13.0 Å². The maximum Gasteiger partial charge on any atom is 0.0942 e. The third-order valence-corrected chi connectivity index (χ3v) is 1.60. The zero-order valence-electron chi connectivity index (χ0n) is 6.34. The summed E-state index contributed by atoms with van der Waals surface area (Å²) in [5, 5.41) is 0. The molecule has 58 valence electrons. The molecule has 3 heteroatoms. The van der Waals surface area contributed by atoms with Crippen molar-refractivity contribution in [2.75, 3.05) is 13.2 Å². The van der Waals surface area contributed by atoms with Crippen LogP contribution in [0.25, 0.3) is 0 Å². The Balaban J connectivity index is 2.18. The third kappa shape index (κ3) is 1.99. The van der Waals surface area contributed by atoms with Gasteiger partial charge in [0.05, 0.1) is 18.5 Å². The van der Waals surface area contributed by atoms with E-state index in [9.17, 15) is 0 Å². The Morgan fingerprint density at radius 2 is 2.60 bits per heavy atom. The van der Waals surface area contributed by atoms with Crippen molar-refractivity contribution in [3.8, 4) is 0 Å². The molecule has 2 N–H and O–H groups in total. The fourth-order valence-electron chi connectivity index (χ4n) is 1.05. The summed E-state index contributed by atoms with van der Waals surface area (Å²) in [5.41, 5.74) is 5.49. The van der Waals surface area contributed by atoms with Crippen LogP contribution in [0, 0.1) is 0 Å². The SMILES string of the molecule is CCOCC1CCC(N)=N1. The van der Waals surface area contributed by atoms with Crippen molar-refractivity contribution in [2.24, 2.45) is 10.7 Å². The predicted octanol–water partition coefficient (Wildman–Crippen LogP) is 0.543. The molecule has 3 nitrogen and oxygen atoms in total. The average Bonchev–Trinajstić information content (AvgIpc) is 2.31. The van der Waals surface area contributed by atoms with Gasteiger partial charge in [-0.25, -0.2) is 0 Å². The van der Waals surface area contributed by atoms with Gasteiger partial charge in [0.1, 0.15) is 0 Å². The molecule has 1 aliphatic heterocycles. The molecule has 0 spiro atoms. The maximum atomic E-state index is 5.49. The molecule has 0 aliphatic carbocycles. The lowest BCUT2D eigenvalue weighted by molar-refractivity contribution is 0.134. The van der Waals surface area contributed by atoms with E-state index in [0.29, 0.717) is 6.04 Å². The molecular formula is C7H14N2O. The second-order valence-corrected chi connectivity index (χ2v) is 2.47. The summed E-state index contributed by atoms with van der Waals surface area (Å²) >= 11 is 0. The molecule has 1 atom stereocenters. The molecule has 0 saturated heterocycles. The molecule has 0 aromatic heterocycles. The van der Waals surface area contributed by atoms with E-state index in [2.05, 4.69) is 4.99 Å². The van der Waals surface area contributed by atoms with Crippen molar-refractivity contribution < 1.29 is 4.74 Å². The largest absolute Gasteiger partial charge is 0.387 e. The minimum absolute atomic E-state index is 0.333. The van der Waals surface area contributed by atoms with Gasteiger partial charge < -0.3 is 10.5 Å². The summed E-state index contributed by atoms with van der Waals surface area (Å²) < 4.78 is 5.20. The second kappa shape index (κ2) is 3.56. The normalized spacial score (nSPS) is 24.9. The van der Waals surface area contributed by atoms with E-state index in [4.69, 9.17) is 10.5 Å². The number of hydrogen-bond donors (Lipinski definition) is 1. The van der Waals surface area contributed by atoms with Crippen molar-refractivity contribution in [3.63, 3.8) is 0 Å². The number of nitrogens with two attached hydrogens (primary N) is 1. The van der Waals surface area contributed by atoms with Crippen LogP contribution >= 0.6 is 0 Å². The summed E-state index contributed by atoms with van der Waals surface area (Å²) in [6, 6.07) is 0.333. The van der Waals surface area contributed by atoms with Gasteiger partial charge in [0.2, 0.25) is 0 Å². The van der Waals surface area contributed by atoms with Crippen molar-refractivity contribution in [3.05, 3.63) is 0 Å². The summed E-state index contributed by atoms with van der Waals surface area (Å²) in [6.07, 6.45) is 2.00. The van der Waals surface area contributed by atoms with Crippen LogP contribution in [0.5, 0.6) is 0 Å². The van der Waals surface area contributed by atoms with Crippen LogP contribution in [-0.4, -0.2) is 25.1 Å². The summed E-state index contributed by atoms with van der Waals surface area (Å²) in [7, 11) is 0. The van der Waals surface area contributed by atoms with Crippen LogP contribution in [0.15, 0.2) is 4.99 Å². The molecule has 0 fully saturated rings. The fourth-order valence-corrected chi connectivity index (χ4v) is 1.05. The van der Waals surface area contributed by atoms with E-state index in [1.807, 2.05) is 6.92 Å². The Morgan fingerprint density at radius 3 is 3.10 bits per heavy atom. The van der Waals surface area contributed by atoms with Crippen LogP contribution in [0.4, 0.5) is 0 Å². The smallest absolute Gasteiger partial charge is 0.0942 e. The molecule has 0 amide bonds. The highest BCUT2D eigenvalue weighted by Gasteiger charge is 2.14. The molecule has 0 saturated carbocycles. The topological polar surface area (TPSA) is 47.6 Å². The average molecular weight is 142 g/mol. The zero-order chi connectivity index (χ0) is 7.40. The van der Waals surface area contributed by atoms with Crippen molar-refractivity contribution >= 4 is 5.84 Å². The quantitative estimate of drug-likeness (QED) is 0.625. The number of amidine groups is 1. The van der Waals surface area contributed by atoms with Crippen LogP contribution in [-0.2, 0) is 4.74 Å². The third-order valence-electron chi connectivity index (χ3n) is 1.60. The van der Waals surface area contributed by atoms with E-state index in [-0.39, 0.29) is 0 Å². The Kier molecular flexibility index (Phi) is 2.68. The van der Waals surface area contributed by atoms with Crippen molar-refractivity contribution in [1.29, 1.82) is 0 Å². The zero-order valence-corrected chi connectivity index (χ0v) is 6.34. The molecule has 1 unspecified atom stereocenters. The fraction of sp³-hybridized carbons (Fsp3) is 0.857. The van der Waals surface area contributed by atoms with Crippen LogP contribution in [0.1, 0.15) is 19.8 Å². The van der Waals surface area contributed by atoms with Crippen molar-refractivity contribution in [1.82, 2.24) is 0 Å². The molecule has 0 aromatic carbocycles. The van der Waals surface area contributed by atoms with E-state index in [1.54, 1.807) is 0 Å². The van der Waals surface area contributed by atoms with E-state index >= 15 is 0 Å². The predicted molar refractivity (Wildman–Crippen MR) is 41.1 cm³/mol. The first-order chi connectivity index (χ1) is 4.83. The van der Waals surface area contributed by atoms with E-state index in [1.165, 1.54) is 0 Å². The molecule has 1 heterocycles. The minimum Gasteiger partial charge on any atom is -0.387 e. The van der Waals surface area contributed by atoms with Gasteiger partial charge in [-0.05, 0) is 13.3 Å². The Morgan fingerprint density at radius 1 is 1.80 bits per heavy atom. The summed E-state index contributed by atoms with van der Waals surface area (Å²) in [6.45, 7) is 3.49.